The first-order valence-corrected chi connectivity index (χ1v) is 7.62. The van der Waals surface area contributed by atoms with Crippen molar-refractivity contribution in [1.82, 2.24) is 5.32 Å². The minimum Gasteiger partial charge on any atom is -0.352 e. The summed E-state index contributed by atoms with van der Waals surface area (Å²) in [7, 11) is 0. The van der Waals surface area contributed by atoms with Gasteiger partial charge in [0.2, 0.25) is 5.91 Å². The second kappa shape index (κ2) is 8.75. The lowest BCUT2D eigenvalue weighted by atomic mass is 10.0. The molecule has 0 saturated carbocycles. The number of hydrogen-bond donors (Lipinski definition) is 2. The summed E-state index contributed by atoms with van der Waals surface area (Å²) in [5.41, 5.74) is 8.24. The highest BCUT2D eigenvalue weighted by Gasteiger charge is 2.12. The maximum atomic E-state index is 11.9. The smallest absolute Gasteiger partial charge is 0.220 e. The van der Waals surface area contributed by atoms with E-state index in [4.69, 9.17) is 5.73 Å². The minimum absolute atomic E-state index is 0.0978. The molecule has 20 heavy (non-hydrogen) atoms. The Labute approximate surface area is 122 Å². The van der Waals surface area contributed by atoms with Crippen molar-refractivity contribution in [3.05, 3.63) is 35.4 Å². The normalized spacial score (nSPS) is 12.4. The molecule has 1 unspecified atom stereocenters. The summed E-state index contributed by atoms with van der Waals surface area (Å²) in [6.45, 7) is 6.94. The Morgan fingerprint density at radius 3 is 2.30 bits per heavy atom. The van der Waals surface area contributed by atoms with Crippen molar-refractivity contribution in [2.45, 2.75) is 52.5 Å². The fourth-order valence-electron chi connectivity index (χ4n) is 2.28. The zero-order chi connectivity index (χ0) is 15.0. The van der Waals surface area contributed by atoms with Gasteiger partial charge in [0.05, 0.1) is 0 Å². The molecular weight excluding hydrogens is 248 g/mol. The predicted octanol–water partition coefficient (Wildman–Crippen LogP) is 2.67. The van der Waals surface area contributed by atoms with Gasteiger partial charge in [-0.2, -0.15) is 0 Å². The number of nitrogens with one attached hydrogen (secondary N) is 1. The number of rotatable bonds is 8. The summed E-state index contributed by atoms with van der Waals surface area (Å²) in [5.74, 6) is 0.645. The van der Waals surface area contributed by atoms with E-state index in [2.05, 4.69) is 50.4 Å². The van der Waals surface area contributed by atoms with E-state index in [0.29, 0.717) is 18.9 Å². The van der Waals surface area contributed by atoms with Gasteiger partial charge in [0.1, 0.15) is 0 Å². The van der Waals surface area contributed by atoms with E-state index in [1.165, 1.54) is 11.1 Å². The Morgan fingerprint density at radius 2 is 1.80 bits per heavy atom. The second-order valence-corrected chi connectivity index (χ2v) is 5.80. The maximum Gasteiger partial charge on any atom is 0.220 e. The minimum atomic E-state index is 0.0978. The highest BCUT2D eigenvalue weighted by atomic mass is 16.1. The van der Waals surface area contributed by atoms with Crippen molar-refractivity contribution in [2.24, 2.45) is 11.7 Å². The average molecular weight is 276 g/mol. The average Bonchev–Trinajstić information content (AvgIpc) is 2.44. The Bertz CT molecular complexity index is 398. The number of nitrogens with two attached hydrogens (primary N) is 1. The zero-order valence-corrected chi connectivity index (χ0v) is 13.0. The molecule has 0 spiro atoms. The van der Waals surface area contributed by atoms with Gasteiger partial charge >= 0.3 is 0 Å². The van der Waals surface area contributed by atoms with E-state index >= 15 is 0 Å². The van der Waals surface area contributed by atoms with Gasteiger partial charge in [-0.05, 0) is 36.3 Å². The molecule has 0 radical (unpaired) electrons. The molecule has 3 heteroatoms. The lowest BCUT2D eigenvalue weighted by Crippen LogP contribution is -2.41. The van der Waals surface area contributed by atoms with Crippen molar-refractivity contribution in [1.29, 1.82) is 0 Å². The highest BCUT2D eigenvalue weighted by molar-refractivity contribution is 5.76. The van der Waals surface area contributed by atoms with Crippen molar-refractivity contribution in [3.63, 3.8) is 0 Å². The van der Waals surface area contributed by atoms with E-state index in [0.717, 1.165) is 19.3 Å². The Morgan fingerprint density at radius 1 is 1.20 bits per heavy atom. The van der Waals surface area contributed by atoms with E-state index in [1.54, 1.807) is 0 Å². The van der Waals surface area contributed by atoms with Gasteiger partial charge in [0.15, 0.2) is 0 Å². The molecule has 1 atom stereocenters. The summed E-state index contributed by atoms with van der Waals surface area (Å²) in [6, 6.07) is 8.59. The van der Waals surface area contributed by atoms with Gasteiger partial charge in [-0.25, -0.2) is 0 Å². The van der Waals surface area contributed by atoms with E-state index < -0.39 is 0 Å². The molecule has 0 aliphatic carbocycles. The van der Waals surface area contributed by atoms with Crippen LogP contribution in [0.25, 0.3) is 0 Å². The number of carbonyl (C=O) groups excluding carboxylic acids is 1. The van der Waals surface area contributed by atoms with Crippen LogP contribution in [-0.4, -0.2) is 18.5 Å². The fourth-order valence-corrected chi connectivity index (χ4v) is 2.28. The van der Waals surface area contributed by atoms with Gasteiger partial charge in [0, 0.05) is 19.0 Å². The number of benzene rings is 1. The Hall–Kier alpha value is -1.35. The molecule has 0 heterocycles. The molecule has 1 amide bonds. The van der Waals surface area contributed by atoms with Gasteiger partial charge in [-0.1, -0.05) is 45.0 Å². The Kier molecular flexibility index (Phi) is 7.31. The first-order chi connectivity index (χ1) is 9.55. The number of aryl methyl sites for hydroxylation is 2. The predicted molar refractivity (Wildman–Crippen MR) is 84.6 cm³/mol. The lowest BCUT2D eigenvalue weighted by Gasteiger charge is -2.18. The van der Waals surface area contributed by atoms with Gasteiger partial charge < -0.3 is 11.1 Å². The Balaban J connectivity index is 2.37. The van der Waals surface area contributed by atoms with Crippen LogP contribution < -0.4 is 11.1 Å². The molecule has 3 nitrogen and oxygen atoms in total. The van der Waals surface area contributed by atoms with Crippen molar-refractivity contribution >= 4 is 5.91 Å². The van der Waals surface area contributed by atoms with Crippen LogP contribution in [-0.2, 0) is 17.6 Å². The van der Waals surface area contributed by atoms with Gasteiger partial charge in [-0.15, -0.1) is 0 Å². The fraction of sp³-hybridized carbons (Fsp3) is 0.588. The molecule has 0 aromatic heterocycles. The molecule has 0 aliphatic rings. The van der Waals surface area contributed by atoms with Crippen LogP contribution in [0.3, 0.4) is 0 Å². The standard InChI is InChI=1S/C17H28N2O/c1-4-14-5-7-15(8-6-14)9-10-17(20)19-16(12-18)11-13(2)3/h5-8,13,16H,4,9-12,18H2,1-3H3,(H,19,20). The van der Waals surface area contributed by atoms with E-state index in [1.807, 2.05) is 0 Å². The first-order valence-electron chi connectivity index (χ1n) is 7.62. The summed E-state index contributed by atoms with van der Waals surface area (Å²) >= 11 is 0. The maximum absolute atomic E-state index is 11.9. The molecule has 0 bridgehead atoms. The SMILES string of the molecule is CCc1ccc(CCC(=O)NC(CN)CC(C)C)cc1. The molecule has 1 rings (SSSR count). The number of carbonyl (C=O) groups is 1. The molecule has 1 aromatic carbocycles. The van der Waals surface area contributed by atoms with Crippen molar-refractivity contribution in [2.75, 3.05) is 6.54 Å². The third kappa shape index (κ3) is 6.20. The van der Waals surface area contributed by atoms with Crippen LogP contribution in [0.5, 0.6) is 0 Å². The van der Waals surface area contributed by atoms with Crippen LogP contribution >= 0.6 is 0 Å². The molecule has 0 fully saturated rings. The second-order valence-electron chi connectivity index (χ2n) is 5.80. The van der Waals surface area contributed by atoms with Crippen LogP contribution in [0.2, 0.25) is 0 Å². The summed E-state index contributed by atoms with van der Waals surface area (Å²) in [6.07, 6.45) is 3.30. The third-order valence-corrected chi connectivity index (χ3v) is 3.48. The third-order valence-electron chi connectivity index (χ3n) is 3.48. The lowest BCUT2D eigenvalue weighted by molar-refractivity contribution is -0.121. The highest BCUT2D eigenvalue weighted by Crippen LogP contribution is 2.08. The molecule has 112 valence electrons. The van der Waals surface area contributed by atoms with Gasteiger partial charge in [0.25, 0.3) is 0 Å². The van der Waals surface area contributed by atoms with Crippen LogP contribution in [0, 0.1) is 5.92 Å². The monoisotopic (exact) mass is 276 g/mol. The largest absolute Gasteiger partial charge is 0.352 e. The van der Waals surface area contributed by atoms with Gasteiger partial charge in [-0.3, -0.25) is 4.79 Å². The quantitative estimate of drug-likeness (QED) is 0.767. The van der Waals surface area contributed by atoms with E-state index in [9.17, 15) is 4.79 Å². The van der Waals surface area contributed by atoms with E-state index in [-0.39, 0.29) is 11.9 Å². The molecule has 3 N–H and O–H groups in total. The first kappa shape index (κ1) is 16.7. The van der Waals surface area contributed by atoms with Crippen LogP contribution in [0.4, 0.5) is 0 Å². The summed E-state index contributed by atoms with van der Waals surface area (Å²) < 4.78 is 0. The number of amides is 1. The van der Waals surface area contributed by atoms with Crippen molar-refractivity contribution < 1.29 is 4.79 Å². The molecule has 0 saturated heterocycles. The molecule has 1 aromatic rings. The molecular formula is C17H28N2O. The van der Waals surface area contributed by atoms with Crippen LogP contribution in [0.15, 0.2) is 24.3 Å². The van der Waals surface area contributed by atoms with Crippen LogP contribution in [0.1, 0.15) is 44.7 Å². The topological polar surface area (TPSA) is 55.1 Å². The number of hydrogen-bond acceptors (Lipinski definition) is 2. The van der Waals surface area contributed by atoms with Crippen molar-refractivity contribution in [3.8, 4) is 0 Å². The molecule has 0 aliphatic heterocycles. The summed E-state index contributed by atoms with van der Waals surface area (Å²) in [5, 5.41) is 3.03. The summed E-state index contributed by atoms with van der Waals surface area (Å²) in [4.78, 5) is 11.9. The zero-order valence-electron chi connectivity index (χ0n) is 13.0.